The molecule has 7 heteroatoms. The van der Waals surface area contributed by atoms with Crippen LogP contribution in [0.15, 0.2) is 23.8 Å². The average molecular weight is 922 g/mol. The van der Waals surface area contributed by atoms with Crippen molar-refractivity contribution in [2.24, 2.45) is 46.3 Å². The number of allylic oxidation sites excluding steroid dienone is 3. The van der Waals surface area contributed by atoms with Crippen molar-refractivity contribution in [1.29, 1.82) is 0 Å². The number of ether oxygens (including phenoxy) is 4. The van der Waals surface area contributed by atoms with E-state index in [1.807, 2.05) is 0 Å². The highest BCUT2D eigenvalue weighted by atomic mass is 16.6. The minimum atomic E-state index is -0.364. The zero-order valence-electron chi connectivity index (χ0n) is 44.1. The molecule has 10 atom stereocenters. The van der Waals surface area contributed by atoms with E-state index >= 15 is 0 Å². The molecule has 4 unspecified atom stereocenters. The number of hydrogen-bond donors (Lipinski definition) is 0. The van der Waals surface area contributed by atoms with Crippen LogP contribution in [0, 0.1) is 46.3 Å². The molecule has 0 amide bonds. The van der Waals surface area contributed by atoms with Crippen LogP contribution in [0.1, 0.15) is 235 Å². The van der Waals surface area contributed by atoms with E-state index < -0.39 is 0 Å². The Labute approximate surface area is 406 Å². The topological polar surface area (TPSA) is 74.3 Å². The summed E-state index contributed by atoms with van der Waals surface area (Å²) in [6.45, 7) is 20.9. The molecule has 0 spiro atoms. The van der Waals surface area contributed by atoms with Gasteiger partial charge >= 0.3 is 11.9 Å². The number of nitrogens with zero attached hydrogens (tertiary/aromatic N) is 1. The van der Waals surface area contributed by atoms with Gasteiger partial charge in [-0.3, -0.25) is 14.5 Å². The second kappa shape index (κ2) is 29.5. The normalized spacial score (nSPS) is 29.7. The van der Waals surface area contributed by atoms with E-state index in [1.54, 1.807) is 0 Å². The van der Waals surface area contributed by atoms with E-state index in [2.05, 4.69) is 71.6 Å². The van der Waals surface area contributed by atoms with Crippen LogP contribution in [0.2, 0.25) is 0 Å². The summed E-state index contributed by atoms with van der Waals surface area (Å²) in [6.07, 6.45) is 41.8. The van der Waals surface area contributed by atoms with Crippen LogP contribution < -0.4 is 0 Å². The van der Waals surface area contributed by atoms with E-state index in [1.165, 1.54) is 153 Å². The summed E-state index contributed by atoms with van der Waals surface area (Å²) in [4.78, 5) is 28.3. The van der Waals surface area contributed by atoms with E-state index in [0.29, 0.717) is 24.7 Å². The Morgan fingerprint density at radius 3 is 2.20 bits per heavy atom. The Morgan fingerprint density at radius 2 is 1.48 bits per heavy atom. The monoisotopic (exact) mass is 922 g/mol. The number of fused-ring (bicyclic) bond motifs is 5. The fraction of sp³-hybridized carbons (Fsp3) is 0.898. The van der Waals surface area contributed by atoms with Crippen LogP contribution in [0.3, 0.4) is 0 Å². The molecule has 3 saturated carbocycles. The van der Waals surface area contributed by atoms with Gasteiger partial charge in [-0.1, -0.05) is 142 Å². The molecule has 4 fully saturated rings. The fourth-order valence-corrected chi connectivity index (χ4v) is 14.0. The minimum absolute atomic E-state index is 0.0431. The second-order valence-corrected chi connectivity index (χ2v) is 23.4. The van der Waals surface area contributed by atoms with Crippen molar-refractivity contribution in [3.8, 4) is 0 Å². The molecule has 0 aromatic carbocycles. The predicted molar refractivity (Wildman–Crippen MR) is 273 cm³/mol. The molecule has 4 aliphatic carbocycles. The fourth-order valence-electron chi connectivity index (χ4n) is 14.0. The Bertz CT molecular complexity index is 1440. The molecule has 0 aromatic heterocycles. The Hall–Kier alpha value is -1.70. The van der Waals surface area contributed by atoms with Gasteiger partial charge < -0.3 is 18.9 Å². The maximum atomic E-state index is 13.0. The Balaban J connectivity index is 0.922. The van der Waals surface area contributed by atoms with Crippen LogP contribution in [-0.4, -0.2) is 74.6 Å². The molecule has 1 saturated heterocycles. The standard InChI is InChI=1S/C59H103NO6/c1-8-9-10-11-12-13-14-15-16-17-18-19-20-21-22-23-40-63-45-51(44-60-39-25-28-48(60)5)64-41-42-65-56(61)33-34-57(62)66-50-35-37-58(6)49(43-50)29-30-52-54-32-31-53(47(4)27-24-26-46(2)3)59(54,7)38-36-55(52)58/h15-16,29,46-48,50-55H,8-14,17-28,30-45H2,1-7H3/t47?,48-,50-,51+,52?,53+,54?,55?,58-,59+/m0/s1. The lowest BCUT2D eigenvalue weighted by Crippen LogP contribution is -2.51. The highest BCUT2D eigenvalue weighted by Crippen LogP contribution is 2.67. The lowest BCUT2D eigenvalue weighted by molar-refractivity contribution is -0.156. The summed E-state index contributed by atoms with van der Waals surface area (Å²) in [6, 6.07) is 0.557. The van der Waals surface area contributed by atoms with Gasteiger partial charge in [0.25, 0.3) is 0 Å². The molecule has 5 aliphatic rings. The zero-order valence-corrected chi connectivity index (χ0v) is 44.1. The van der Waals surface area contributed by atoms with Gasteiger partial charge in [-0.05, 0) is 150 Å². The van der Waals surface area contributed by atoms with E-state index in [9.17, 15) is 9.59 Å². The van der Waals surface area contributed by atoms with Gasteiger partial charge in [-0.2, -0.15) is 0 Å². The van der Waals surface area contributed by atoms with Crippen molar-refractivity contribution in [2.75, 3.05) is 39.5 Å². The van der Waals surface area contributed by atoms with E-state index in [0.717, 1.165) is 80.9 Å². The number of hydrogen-bond acceptors (Lipinski definition) is 7. The third kappa shape index (κ3) is 17.3. The van der Waals surface area contributed by atoms with E-state index in [-0.39, 0.29) is 49.0 Å². The van der Waals surface area contributed by atoms with E-state index in [4.69, 9.17) is 18.9 Å². The molecule has 5 rings (SSSR count). The summed E-state index contributed by atoms with van der Waals surface area (Å²) < 4.78 is 24.0. The molecule has 66 heavy (non-hydrogen) atoms. The van der Waals surface area contributed by atoms with Gasteiger partial charge in [0, 0.05) is 25.6 Å². The van der Waals surface area contributed by atoms with Crippen LogP contribution >= 0.6 is 0 Å². The van der Waals surface area contributed by atoms with Crippen LogP contribution in [0.4, 0.5) is 0 Å². The summed E-state index contributed by atoms with van der Waals surface area (Å²) in [5.41, 5.74) is 2.25. The molecular weight excluding hydrogens is 819 g/mol. The summed E-state index contributed by atoms with van der Waals surface area (Å²) in [5.74, 6) is 4.27. The highest BCUT2D eigenvalue weighted by Gasteiger charge is 2.59. The third-order valence-electron chi connectivity index (χ3n) is 18.0. The molecule has 380 valence electrons. The molecule has 0 aromatic rings. The van der Waals surface area contributed by atoms with Crippen LogP contribution in [0.5, 0.6) is 0 Å². The molecule has 1 aliphatic heterocycles. The average Bonchev–Trinajstić information content (AvgIpc) is 3.87. The van der Waals surface area contributed by atoms with Gasteiger partial charge in [-0.15, -0.1) is 0 Å². The third-order valence-corrected chi connectivity index (χ3v) is 18.0. The lowest BCUT2D eigenvalue weighted by atomic mass is 9.47. The first-order chi connectivity index (χ1) is 31.9. The van der Waals surface area contributed by atoms with Gasteiger partial charge in [0.05, 0.1) is 32.2 Å². The molecule has 0 radical (unpaired) electrons. The molecular formula is C59H103NO6. The Kier molecular flexibility index (Phi) is 24.7. The number of carbonyl (C=O) groups excluding carboxylic acids is 2. The summed E-state index contributed by atoms with van der Waals surface area (Å²) in [7, 11) is 0. The van der Waals surface area contributed by atoms with Crippen molar-refractivity contribution in [3.05, 3.63) is 23.8 Å². The largest absolute Gasteiger partial charge is 0.463 e. The van der Waals surface area contributed by atoms with Gasteiger partial charge in [0.1, 0.15) is 12.7 Å². The number of likely N-dealkylation sites (tertiary alicyclic amines) is 1. The quantitative estimate of drug-likeness (QED) is 0.0369. The highest BCUT2D eigenvalue weighted by molar-refractivity contribution is 5.77. The van der Waals surface area contributed by atoms with Crippen LogP contribution in [0.25, 0.3) is 0 Å². The molecule has 7 nitrogen and oxygen atoms in total. The van der Waals surface area contributed by atoms with Crippen molar-refractivity contribution in [3.63, 3.8) is 0 Å². The van der Waals surface area contributed by atoms with Crippen molar-refractivity contribution < 1.29 is 28.5 Å². The first-order valence-electron chi connectivity index (χ1n) is 28.6. The first kappa shape index (κ1) is 55.2. The lowest BCUT2D eigenvalue weighted by Gasteiger charge is -2.58. The van der Waals surface area contributed by atoms with Gasteiger partial charge in [0.15, 0.2) is 0 Å². The number of carbonyl (C=O) groups is 2. The molecule has 0 bridgehead atoms. The summed E-state index contributed by atoms with van der Waals surface area (Å²) in [5, 5.41) is 0. The molecule has 0 N–H and O–H groups in total. The maximum absolute atomic E-state index is 13.0. The second-order valence-electron chi connectivity index (χ2n) is 23.4. The number of esters is 2. The van der Waals surface area contributed by atoms with Crippen molar-refractivity contribution >= 4 is 11.9 Å². The maximum Gasteiger partial charge on any atom is 0.306 e. The smallest absolute Gasteiger partial charge is 0.306 e. The first-order valence-corrected chi connectivity index (χ1v) is 28.6. The van der Waals surface area contributed by atoms with Gasteiger partial charge in [0.2, 0.25) is 0 Å². The minimum Gasteiger partial charge on any atom is -0.463 e. The van der Waals surface area contributed by atoms with Crippen molar-refractivity contribution in [2.45, 2.75) is 253 Å². The SMILES string of the molecule is CCCCCCCCC=CCCCCCCCCOC[C@@H](CN1CCC[C@@H]1C)OCCOC(=O)CCC(=O)O[C@H]1CC[C@@]2(C)C(=CCC3C2CC[C@@]2(C)C3CC[C@@H]2C(C)CCCC(C)C)C1. The predicted octanol–water partition coefficient (Wildman–Crippen LogP) is 15.2. The summed E-state index contributed by atoms with van der Waals surface area (Å²) >= 11 is 0. The van der Waals surface area contributed by atoms with Crippen molar-refractivity contribution in [1.82, 2.24) is 4.90 Å². The van der Waals surface area contributed by atoms with Gasteiger partial charge in [-0.25, -0.2) is 0 Å². The zero-order chi connectivity index (χ0) is 47.2. The molecule has 1 heterocycles. The number of unbranched alkanes of at least 4 members (excludes halogenated alkanes) is 12. The Morgan fingerprint density at radius 1 is 0.773 bits per heavy atom. The number of rotatable bonds is 33. The van der Waals surface area contributed by atoms with Crippen LogP contribution in [-0.2, 0) is 28.5 Å².